The summed E-state index contributed by atoms with van der Waals surface area (Å²) in [6.45, 7) is -0.542. The minimum Gasteiger partial charge on any atom is -0.396 e. The number of rotatable bonds is 5. The van der Waals surface area contributed by atoms with E-state index in [1.165, 1.54) is 0 Å². The molecule has 0 saturated carbocycles. The van der Waals surface area contributed by atoms with Gasteiger partial charge in [-0.05, 0) is 0 Å². The third-order valence-electron chi connectivity index (χ3n) is 2.15. The number of nitro groups is 3. The molecule has 1 rings (SSSR count). The summed E-state index contributed by atoms with van der Waals surface area (Å²) in [6, 6.07) is 1.27. The minimum absolute atomic E-state index is 0.329. The van der Waals surface area contributed by atoms with Crippen LogP contribution in [0.25, 0.3) is 0 Å². The van der Waals surface area contributed by atoms with E-state index in [0.29, 0.717) is 12.1 Å². The maximum atomic E-state index is 10.7. The van der Waals surface area contributed by atoms with Gasteiger partial charge >= 0.3 is 0 Å². The Kier molecular flexibility index (Phi) is 3.84. The van der Waals surface area contributed by atoms with E-state index < -0.39 is 38.4 Å². The van der Waals surface area contributed by atoms with Gasteiger partial charge in [-0.2, -0.15) is 0 Å². The van der Waals surface area contributed by atoms with Crippen LogP contribution >= 0.6 is 0 Å². The molecular weight excluding hydrogens is 250 g/mol. The monoisotopic (exact) mass is 257 g/mol. The van der Waals surface area contributed by atoms with E-state index in [9.17, 15) is 30.3 Å². The molecule has 0 atom stereocenters. The first-order valence-electron chi connectivity index (χ1n) is 4.59. The molecule has 0 aromatic heterocycles. The molecule has 10 nitrogen and oxygen atoms in total. The smallest absolute Gasteiger partial charge is 0.286 e. The normalized spacial score (nSPS) is 10.1. The predicted molar refractivity (Wildman–Crippen MR) is 57.2 cm³/mol. The molecule has 0 amide bonds. The lowest BCUT2D eigenvalue weighted by molar-refractivity contribution is -0.404. The molecule has 0 aliphatic carbocycles. The zero-order valence-corrected chi connectivity index (χ0v) is 8.81. The molecule has 0 heterocycles. The average molecular weight is 257 g/mol. The van der Waals surface area contributed by atoms with Gasteiger partial charge in [0.2, 0.25) is 0 Å². The zero-order valence-electron chi connectivity index (χ0n) is 8.81. The molecule has 0 saturated heterocycles. The fraction of sp³-hybridized carbons (Fsp3) is 0.250. The highest BCUT2D eigenvalue weighted by molar-refractivity contribution is 5.60. The molecule has 0 radical (unpaired) electrons. The zero-order chi connectivity index (χ0) is 13.9. The number of hydrogen-bond donors (Lipinski definition) is 1. The quantitative estimate of drug-likeness (QED) is 0.608. The van der Waals surface area contributed by atoms with Crippen molar-refractivity contribution in [2.75, 3.05) is 6.61 Å². The fourth-order valence-electron chi connectivity index (χ4n) is 1.43. The second-order valence-electron chi connectivity index (χ2n) is 3.21. The Morgan fingerprint density at radius 3 is 1.67 bits per heavy atom. The van der Waals surface area contributed by atoms with Gasteiger partial charge in [-0.25, -0.2) is 0 Å². The van der Waals surface area contributed by atoms with Crippen LogP contribution in [0.1, 0.15) is 5.56 Å². The summed E-state index contributed by atoms with van der Waals surface area (Å²) in [5.74, 6) is 0. The Morgan fingerprint density at radius 1 is 0.944 bits per heavy atom. The maximum absolute atomic E-state index is 10.7. The van der Waals surface area contributed by atoms with Gasteiger partial charge in [-0.3, -0.25) is 30.3 Å². The Bertz CT molecular complexity index is 492. The van der Waals surface area contributed by atoms with Crippen molar-refractivity contribution in [1.29, 1.82) is 0 Å². The van der Waals surface area contributed by atoms with E-state index in [1.54, 1.807) is 0 Å². The summed E-state index contributed by atoms with van der Waals surface area (Å²) in [6.07, 6.45) is -0.329. The molecular formula is C8H7N3O7. The van der Waals surface area contributed by atoms with Crippen molar-refractivity contribution in [3.8, 4) is 0 Å². The van der Waals surface area contributed by atoms with Crippen molar-refractivity contribution >= 4 is 17.1 Å². The van der Waals surface area contributed by atoms with Gasteiger partial charge in [-0.15, -0.1) is 0 Å². The molecule has 1 aromatic rings. The van der Waals surface area contributed by atoms with Crippen LogP contribution < -0.4 is 0 Å². The highest BCUT2D eigenvalue weighted by Crippen LogP contribution is 2.33. The molecule has 96 valence electrons. The fourth-order valence-corrected chi connectivity index (χ4v) is 1.43. The average Bonchev–Trinajstić information content (AvgIpc) is 2.28. The summed E-state index contributed by atoms with van der Waals surface area (Å²) >= 11 is 0. The summed E-state index contributed by atoms with van der Waals surface area (Å²) in [5, 5.41) is 40.7. The van der Waals surface area contributed by atoms with Crippen LogP contribution in [0.15, 0.2) is 12.1 Å². The van der Waals surface area contributed by atoms with Crippen LogP contribution in [0.4, 0.5) is 17.1 Å². The molecule has 0 aliphatic rings. The van der Waals surface area contributed by atoms with Gasteiger partial charge in [0.15, 0.2) is 0 Å². The molecule has 18 heavy (non-hydrogen) atoms. The van der Waals surface area contributed by atoms with E-state index in [-0.39, 0.29) is 12.0 Å². The van der Waals surface area contributed by atoms with Crippen LogP contribution in [-0.2, 0) is 6.42 Å². The lowest BCUT2D eigenvalue weighted by atomic mass is 10.1. The molecule has 0 fully saturated rings. The third kappa shape index (κ3) is 2.55. The standard InChI is InChI=1S/C8H7N3O7/c12-2-1-6-7(10(15)16)3-5(9(13)14)4-8(6)11(17)18/h3-4,12H,1-2H2. The van der Waals surface area contributed by atoms with E-state index in [4.69, 9.17) is 5.11 Å². The molecule has 0 unspecified atom stereocenters. The van der Waals surface area contributed by atoms with E-state index in [2.05, 4.69) is 0 Å². The van der Waals surface area contributed by atoms with Gasteiger partial charge in [0.1, 0.15) is 5.56 Å². The van der Waals surface area contributed by atoms with Crippen LogP contribution in [0, 0.1) is 30.3 Å². The van der Waals surface area contributed by atoms with Crippen molar-refractivity contribution in [3.63, 3.8) is 0 Å². The van der Waals surface area contributed by atoms with Crippen LogP contribution in [0.2, 0.25) is 0 Å². The second kappa shape index (κ2) is 5.14. The van der Waals surface area contributed by atoms with Gasteiger partial charge in [0, 0.05) is 13.0 Å². The maximum Gasteiger partial charge on any atom is 0.286 e. The first-order valence-corrected chi connectivity index (χ1v) is 4.59. The van der Waals surface area contributed by atoms with Gasteiger partial charge in [0.25, 0.3) is 17.1 Å². The summed E-state index contributed by atoms with van der Waals surface area (Å²) in [5.41, 5.74) is -2.57. The molecule has 1 aromatic carbocycles. The molecule has 0 spiro atoms. The van der Waals surface area contributed by atoms with Crippen LogP contribution in [-0.4, -0.2) is 26.5 Å². The number of nitro benzene ring substituents is 3. The minimum atomic E-state index is -0.956. The number of non-ortho nitro benzene ring substituents is 1. The van der Waals surface area contributed by atoms with Crippen molar-refractivity contribution in [3.05, 3.63) is 48.0 Å². The van der Waals surface area contributed by atoms with Crippen LogP contribution in [0.3, 0.4) is 0 Å². The summed E-state index contributed by atoms with van der Waals surface area (Å²) in [4.78, 5) is 29.1. The Balaban J connectivity index is 3.59. The van der Waals surface area contributed by atoms with Crippen molar-refractivity contribution in [2.24, 2.45) is 0 Å². The van der Waals surface area contributed by atoms with Gasteiger partial charge in [0.05, 0.1) is 26.9 Å². The number of hydrogen-bond acceptors (Lipinski definition) is 7. The lowest BCUT2D eigenvalue weighted by Crippen LogP contribution is -2.04. The summed E-state index contributed by atoms with van der Waals surface area (Å²) < 4.78 is 0. The Hall–Kier alpha value is -2.62. The first-order chi connectivity index (χ1) is 8.38. The van der Waals surface area contributed by atoms with Crippen molar-refractivity contribution in [2.45, 2.75) is 6.42 Å². The Labute approximate surface area is 98.9 Å². The number of aliphatic hydroxyl groups is 1. The number of nitrogens with zero attached hydrogens (tertiary/aromatic N) is 3. The number of aliphatic hydroxyl groups excluding tert-OH is 1. The first kappa shape index (κ1) is 13.4. The SMILES string of the molecule is O=[N+]([O-])c1cc([N+](=O)[O-])c(CCO)c([N+](=O)[O-])c1. The molecule has 10 heteroatoms. The summed E-state index contributed by atoms with van der Waals surface area (Å²) in [7, 11) is 0. The van der Waals surface area contributed by atoms with Gasteiger partial charge < -0.3 is 5.11 Å². The highest BCUT2D eigenvalue weighted by Gasteiger charge is 2.29. The highest BCUT2D eigenvalue weighted by atomic mass is 16.6. The molecule has 1 N–H and O–H groups in total. The lowest BCUT2D eigenvalue weighted by Gasteiger charge is -2.02. The largest absolute Gasteiger partial charge is 0.396 e. The third-order valence-corrected chi connectivity index (χ3v) is 2.15. The Morgan fingerprint density at radius 2 is 1.39 bits per heavy atom. The van der Waals surface area contributed by atoms with E-state index in [1.807, 2.05) is 0 Å². The van der Waals surface area contributed by atoms with Crippen LogP contribution in [0.5, 0.6) is 0 Å². The van der Waals surface area contributed by atoms with E-state index in [0.717, 1.165) is 0 Å². The molecule has 0 aliphatic heterocycles. The van der Waals surface area contributed by atoms with Gasteiger partial charge in [-0.1, -0.05) is 0 Å². The topological polar surface area (TPSA) is 150 Å². The predicted octanol–water partition coefficient (Wildman–Crippen LogP) is 0.946. The second-order valence-corrected chi connectivity index (χ2v) is 3.21. The number of benzene rings is 1. The van der Waals surface area contributed by atoms with Crippen molar-refractivity contribution in [1.82, 2.24) is 0 Å². The van der Waals surface area contributed by atoms with Crippen molar-refractivity contribution < 1.29 is 19.9 Å². The van der Waals surface area contributed by atoms with E-state index >= 15 is 0 Å². The molecule has 0 bridgehead atoms.